The molecule has 2 N–H and O–H groups in total. The molecule has 1 fully saturated rings. The van der Waals surface area contributed by atoms with Crippen LogP contribution in [0.15, 0.2) is 18.2 Å². The second-order valence-electron chi connectivity index (χ2n) is 2.96. The van der Waals surface area contributed by atoms with Crippen molar-refractivity contribution in [1.82, 2.24) is 0 Å². The summed E-state index contributed by atoms with van der Waals surface area (Å²) in [6.45, 7) is 1.16. The summed E-state index contributed by atoms with van der Waals surface area (Å²) in [6, 6.07) is 4.10. The van der Waals surface area contributed by atoms with Crippen molar-refractivity contribution >= 4 is 5.69 Å². The lowest BCUT2D eigenvalue weighted by atomic mass is 10.2. The number of anilines is 1. The molecule has 1 aliphatic heterocycles. The van der Waals surface area contributed by atoms with Gasteiger partial charge >= 0.3 is 0 Å². The Labute approximate surface area is 75.3 Å². The standard InChI is InChI=1S/C9H10FNO2/c10-6-1-2-9(8(11)3-6)13-7-4-12-5-7/h1-3,7H,4-5,11H2. The summed E-state index contributed by atoms with van der Waals surface area (Å²) in [5.74, 6) is 0.171. The molecule has 0 saturated carbocycles. The lowest BCUT2D eigenvalue weighted by molar-refractivity contribution is -0.0794. The Morgan fingerprint density at radius 2 is 2.23 bits per heavy atom. The third-order valence-electron chi connectivity index (χ3n) is 1.87. The maximum atomic E-state index is 12.6. The van der Waals surface area contributed by atoms with Crippen LogP contribution >= 0.6 is 0 Å². The van der Waals surface area contributed by atoms with Gasteiger partial charge in [-0.1, -0.05) is 0 Å². The van der Waals surface area contributed by atoms with E-state index in [0.717, 1.165) is 0 Å². The Hall–Kier alpha value is -1.29. The number of benzene rings is 1. The second-order valence-corrected chi connectivity index (χ2v) is 2.96. The van der Waals surface area contributed by atoms with Crippen molar-refractivity contribution in [3.63, 3.8) is 0 Å². The number of ether oxygens (including phenoxy) is 2. The van der Waals surface area contributed by atoms with Crippen LogP contribution in [-0.2, 0) is 4.74 Å². The monoisotopic (exact) mass is 183 g/mol. The average Bonchev–Trinajstić information content (AvgIpc) is 1.99. The number of hydrogen-bond acceptors (Lipinski definition) is 3. The molecule has 0 spiro atoms. The predicted molar refractivity (Wildman–Crippen MR) is 46.0 cm³/mol. The van der Waals surface area contributed by atoms with Crippen molar-refractivity contribution in [3.8, 4) is 5.75 Å². The van der Waals surface area contributed by atoms with Crippen LogP contribution < -0.4 is 10.5 Å². The number of rotatable bonds is 2. The topological polar surface area (TPSA) is 44.5 Å². The summed E-state index contributed by atoms with van der Waals surface area (Å²) in [5, 5.41) is 0. The minimum Gasteiger partial charge on any atom is -0.483 e. The summed E-state index contributed by atoms with van der Waals surface area (Å²) in [7, 11) is 0. The lowest BCUT2D eigenvalue weighted by Crippen LogP contribution is -2.38. The molecule has 0 aromatic heterocycles. The maximum absolute atomic E-state index is 12.6. The van der Waals surface area contributed by atoms with E-state index in [0.29, 0.717) is 24.7 Å². The number of nitrogens with two attached hydrogens (primary N) is 1. The molecule has 0 aliphatic carbocycles. The Bertz CT molecular complexity index is 312. The van der Waals surface area contributed by atoms with Gasteiger partial charge < -0.3 is 15.2 Å². The average molecular weight is 183 g/mol. The molecule has 1 aromatic rings. The van der Waals surface area contributed by atoms with Crippen molar-refractivity contribution in [2.24, 2.45) is 0 Å². The highest BCUT2D eigenvalue weighted by molar-refractivity contribution is 5.52. The van der Waals surface area contributed by atoms with Gasteiger partial charge in [0.1, 0.15) is 17.7 Å². The van der Waals surface area contributed by atoms with E-state index < -0.39 is 0 Å². The van der Waals surface area contributed by atoms with Gasteiger partial charge in [0.25, 0.3) is 0 Å². The molecule has 0 bridgehead atoms. The molecule has 0 radical (unpaired) electrons. The van der Waals surface area contributed by atoms with Crippen LogP contribution in [0.1, 0.15) is 0 Å². The van der Waals surface area contributed by atoms with Gasteiger partial charge in [-0.25, -0.2) is 4.39 Å². The van der Waals surface area contributed by atoms with E-state index in [1.54, 1.807) is 0 Å². The molecular weight excluding hydrogens is 173 g/mol. The fraction of sp³-hybridized carbons (Fsp3) is 0.333. The molecule has 2 rings (SSSR count). The van der Waals surface area contributed by atoms with Crippen molar-refractivity contribution in [2.45, 2.75) is 6.10 Å². The highest BCUT2D eigenvalue weighted by atomic mass is 19.1. The van der Waals surface area contributed by atoms with Crippen LogP contribution in [-0.4, -0.2) is 19.3 Å². The van der Waals surface area contributed by atoms with Crippen LogP contribution in [0, 0.1) is 5.82 Å². The quantitative estimate of drug-likeness (QED) is 0.700. The fourth-order valence-electron chi connectivity index (χ4n) is 1.09. The first-order chi connectivity index (χ1) is 6.25. The number of halogens is 1. The van der Waals surface area contributed by atoms with Crippen molar-refractivity contribution in [2.75, 3.05) is 18.9 Å². The molecule has 13 heavy (non-hydrogen) atoms. The Morgan fingerprint density at radius 1 is 1.46 bits per heavy atom. The van der Waals surface area contributed by atoms with Gasteiger partial charge in [-0.15, -0.1) is 0 Å². The van der Waals surface area contributed by atoms with E-state index in [-0.39, 0.29) is 11.9 Å². The maximum Gasteiger partial charge on any atom is 0.145 e. The van der Waals surface area contributed by atoms with Gasteiger partial charge in [0.05, 0.1) is 18.9 Å². The molecule has 1 aliphatic rings. The molecule has 0 unspecified atom stereocenters. The highest BCUT2D eigenvalue weighted by Crippen LogP contribution is 2.24. The van der Waals surface area contributed by atoms with E-state index in [1.165, 1.54) is 18.2 Å². The molecule has 0 amide bonds. The first kappa shape index (κ1) is 8.31. The smallest absolute Gasteiger partial charge is 0.145 e. The van der Waals surface area contributed by atoms with Crippen molar-refractivity contribution in [1.29, 1.82) is 0 Å². The summed E-state index contributed by atoms with van der Waals surface area (Å²) >= 11 is 0. The van der Waals surface area contributed by atoms with Crippen molar-refractivity contribution < 1.29 is 13.9 Å². The van der Waals surface area contributed by atoms with Crippen LogP contribution in [0.2, 0.25) is 0 Å². The molecule has 4 heteroatoms. The summed E-state index contributed by atoms with van der Waals surface area (Å²) in [4.78, 5) is 0. The first-order valence-electron chi connectivity index (χ1n) is 4.05. The second kappa shape index (κ2) is 3.22. The minimum absolute atomic E-state index is 0.0627. The van der Waals surface area contributed by atoms with Gasteiger partial charge in [-0.05, 0) is 12.1 Å². The van der Waals surface area contributed by atoms with Gasteiger partial charge in [-0.3, -0.25) is 0 Å². The van der Waals surface area contributed by atoms with E-state index >= 15 is 0 Å². The molecule has 1 aromatic carbocycles. The zero-order valence-electron chi connectivity index (χ0n) is 7.00. The third kappa shape index (κ3) is 1.72. The fourth-order valence-corrected chi connectivity index (χ4v) is 1.09. The van der Waals surface area contributed by atoms with Gasteiger partial charge in [0.2, 0.25) is 0 Å². The lowest BCUT2D eigenvalue weighted by Gasteiger charge is -2.27. The van der Waals surface area contributed by atoms with E-state index in [9.17, 15) is 4.39 Å². The first-order valence-corrected chi connectivity index (χ1v) is 4.05. The molecule has 1 heterocycles. The zero-order chi connectivity index (χ0) is 9.26. The molecular formula is C9H10FNO2. The highest BCUT2D eigenvalue weighted by Gasteiger charge is 2.20. The van der Waals surface area contributed by atoms with Crippen LogP contribution in [0.5, 0.6) is 5.75 Å². The zero-order valence-corrected chi connectivity index (χ0v) is 7.00. The Kier molecular flexibility index (Phi) is 2.06. The summed E-state index contributed by atoms with van der Waals surface area (Å²) in [6.07, 6.45) is 0.0627. The predicted octanol–water partition coefficient (Wildman–Crippen LogP) is 1.19. The molecule has 1 saturated heterocycles. The minimum atomic E-state index is -0.352. The Morgan fingerprint density at radius 3 is 2.77 bits per heavy atom. The van der Waals surface area contributed by atoms with Crippen LogP contribution in [0.25, 0.3) is 0 Å². The van der Waals surface area contributed by atoms with Crippen LogP contribution in [0.4, 0.5) is 10.1 Å². The van der Waals surface area contributed by atoms with E-state index in [4.69, 9.17) is 15.2 Å². The summed E-state index contributed by atoms with van der Waals surface area (Å²) < 4.78 is 23.0. The van der Waals surface area contributed by atoms with Crippen molar-refractivity contribution in [3.05, 3.63) is 24.0 Å². The summed E-state index contributed by atoms with van der Waals surface area (Å²) in [5.41, 5.74) is 5.87. The van der Waals surface area contributed by atoms with Gasteiger partial charge in [-0.2, -0.15) is 0 Å². The van der Waals surface area contributed by atoms with Crippen LogP contribution in [0.3, 0.4) is 0 Å². The van der Waals surface area contributed by atoms with Gasteiger partial charge in [0.15, 0.2) is 0 Å². The Balaban J connectivity index is 2.10. The third-order valence-corrected chi connectivity index (χ3v) is 1.87. The van der Waals surface area contributed by atoms with Gasteiger partial charge in [0, 0.05) is 6.07 Å². The molecule has 0 atom stereocenters. The number of nitrogen functional groups attached to an aromatic ring is 1. The number of hydrogen-bond donors (Lipinski definition) is 1. The normalized spacial score (nSPS) is 16.7. The largest absolute Gasteiger partial charge is 0.483 e. The van der Waals surface area contributed by atoms with E-state index in [2.05, 4.69) is 0 Å². The van der Waals surface area contributed by atoms with E-state index in [1.807, 2.05) is 0 Å². The molecule has 3 nitrogen and oxygen atoms in total. The molecule has 70 valence electrons. The SMILES string of the molecule is Nc1cc(F)ccc1OC1COC1.